The third-order valence-electron chi connectivity index (χ3n) is 2.89. The second-order valence-electron chi connectivity index (χ2n) is 4.88. The second-order valence-corrected chi connectivity index (χ2v) is 4.88. The van der Waals surface area contributed by atoms with Crippen LogP contribution < -0.4 is 0 Å². The predicted octanol–water partition coefficient (Wildman–Crippen LogP) is 2.73. The van der Waals surface area contributed by atoms with Crippen molar-refractivity contribution >= 4 is 12.0 Å². The molecule has 0 spiro atoms. The van der Waals surface area contributed by atoms with E-state index in [1.807, 2.05) is 14.1 Å². The zero-order valence-electron chi connectivity index (χ0n) is 11.6. The van der Waals surface area contributed by atoms with E-state index in [9.17, 15) is 9.18 Å². The Hall–Kier alpha value is -1.68. The lowest BCUT2D eigenvalue weighted by molar-refractivity contribution is -0.131. The average Bonchev–Trinajstić information content (AvgIpc) is 2.29. The molecule has 19 heavy (non-hydrogen) atoms. The summed E-state index contributed by atoms with van der Waals surface area (Å²) in [5.41, 5.74) is 2.13. The Morgan fingerprint density at radius 2 is 2.11 bits per heavy atom. The van der Waals surface area contributed by atoms with Crippen molar-refractivity contribution < 1.29 is 14.3 Å². The van der Waals surface area contributed by atoms with Gasteiger partial charge in [-0.05, 0) is 75.3 Å². The van der Waals surface area contributed by atoms with E-state index in [-0.39, 0.29) is 5.82 Å². The predicted molar refractivity (Wildman–Crippen MR) is 74.7 cm³/mol. The average molecular weight is 265 g/mol. The zero-order valence-corrected chi connectivity index (χ0v) is 11.6. The molecule has 1 N–H and O–H groups in total. The van der Waals surface area contributed by atoms with Crippen LogP contribution in [0.2, 0.25) is 0 Å². The Morgan fingerprint density at radius 3 is 2.68 bits per heavy atom. The Kier molecular flexibility index (Phi) is 5.70. The zero-order chi connectivity index (χ0) is 14.4. The maximum Gasteiger partial charge on any atom is 0.328 e. The summed E-state index contributed by atoms with van der Waals surface area (Å²) in [6, 6.07) is 3.20. The van der Waals surface area contributed by atoms with Gasteiger partial charge in [-0.15, -0.1) is 0 Å². The van der Waals surface area contributed by atoms with E-state index < -0.39 is 5.97 Å². The first kappa shape index (κ1) is 15.4. The normalized spacial score (nSPS) is 11.4. The molecule has 0 amide bonds. The molecule has 0 bridgehead atoms. The molecule has 3 nitrogen and oxygen atoms in total. The van der Waals surface area contributed by atoms with Gasteiger partial charge >= 0.3 is 5.97 Å². The summed E-state index contributed by atoms with van der Waals surface area (Å²) in [4.78, 5) is 12.6. The molecule has 1 aromatic carbocycles. The van der Waals surface area contributed by atoms with Crippen LogP contribution in [0.25, 0.3) is 6.08 Å². The minimum atomic E-state index is -1.00. The largest absolute Gasteiger partial charge is 0.478 e. The SMILES string of the molecule is Cc1cc(F)c(CCCN(C)C)cc1C=CC(=O)O. The lowest BCUT2D eigenvalue weighted by atomic mass is 10.0. The van der Waals surface area contributed by atoms with Crippen molar-refractivity contribution in [2.24, 2.45) is 0 Å². The molecule has 0 heterocycles. The van der Waals surface area contributed by atoms with Crippen molar-refractivity contribution in [3.05, 3.63) is 40.7 Å². The van der Waals surface area contributed by atoms with Crippen LogP contribution in [0, 0.1) is 12.7 Å². The number of nitrogens with zero attached hydrogens (tertiary/aromatic N) is 1. The van der Waals surface area contributed by atoms with Crippen molar-refractivity contribution in [2.45, 2.75) is 19.8 Å². The summed E-state index contributed by atoms with van der Waals surface area (Å²) >= 11 is 0. The summed E-state index contributed by atoms with van der Waals surface area (Å²) in [6.07, 6.45) is 4.10. The molecule has 0 saturated heterocycles. The smallest absolute Gasteiger partial charge is 0.328 e. The van der Waals surface area contributed by atoms with E-state index in [1.54, 1.807) is 13.0 Å². The monoisotopic (exact) mass is 265 g/mol. The maximum atomic E-state index is 13.8. The third kappa shape index (κ3) is 5.22. The summed E-state index contributed by atoms with van der Waals surface area (Å²) in [5, 5.41) is 8.63. The highest BCUT2D eigenvalue weighted by atomic mass is 19.1. The van der Waals surface area contributed by atoms with Gasteiger partial charge in [0.25, 0.3) is 0 Å². The van der Waals surface area contributed by atoms with Gasteiger partial charge in [0.2, 0.25) is 0 Å². The van der Waals surface area contributed by atoms with Gasteiger partial charge < -0.3 is 10.0 Å². The molecule has 0 fully saturated rings. The van der Waals surface area contributed by atoms with Crippen molar-refractivity contribution in [1.29, 1.82) is 0 Å². The fourth-order valence-corrected chi connectivity index (χ4v) is 1.85. The van der Waals surface area contributed by atoms with Crippen LogP contribution in [0.15, 0.2) is 18.2 Å². The molecule has 0 unspecified atom stereocenters. The van der Waals surface area contributed by atoms with Gasteiger partial charge in [0.15, 0.2) is 0 Å². The van der Waals surface area contributed by atoms with Crippen LogP contribution in [-0.2, 0) is 11.2 Å². The van der Waals surface area contributed by atoms with E-state index in [1.165, 1.54) is 12.1 Å². The second kappa shape index (κ2) is 7.04. The van der Waals surface area contributed by atoms with Crippen molar-refractivity contribution in [3.8, 4) is 0 Å². The fourth-order valence-electron chi connectivity index (χ4n) is 1.85. The third-order valence-corrected chi connectivity index (χ3v) is 2.89. The molecule has 0 atom stereocenters. The molecule has 0 radical (unpaired) electrons. The molecule has 0 aromatic heterocycles. The van der Waals surface area contributed by atoms with Crippen molar-refractivity contribution in [3.63, 3.8) is 0 Å². The fraction of sp³-hybridized carbons (Fsp3) is 0.400. The number of benzene rings is 1. The van der Waals surface area contributed by atoms with E-state index in [0.29, 0.717) is 12.0 Å². The minimum absolute atomic E-state index is 0.219. The number of hydrogen-bond donors (Lipinski definition) is 1. The molecule has 0 aliphatic rings. The standard InChI is InChI=1S/C15H20FNO2/c1-11-9-14(16)13(5-4-8-17(2)3)10-12(11)6-7-15(18)19/h6-7,9-10H,4-5,8H2,1-3H3,(H,18,19). The number of rotatable bonds is 6. The molecular weight excluding hydrogens is 245 g/mol. The Morgan fingerprint density at radius 1 is 1.42 bits per heavy atom. The Labute approximate surface area is 113 Å². The number of carboxylic acids is 1. The van der Waals surface area contributed by atoms with Gasteiger partial charge in [-0.2, -0.15) is 0 Å². The van der Waals surface area contributed by atoms with Gasteiger partial charge in [-0.1, -0.05) is 0 Å². The minimum Gasteiger partial charge on any atom is -0.478 e. The van der Waals surface area contributed by atoms with E-state index >= 15 is 0 Å². The van der Waals surface area contributed by atoms with Crippen LogP contribution in [0.4, 0.5) is 4.39 Å². The van der Waals surface area contributed by atoms with Gasteiger partial charge in [0.05, 0.1) is 0 Å². The van der Waals surface area contributed by atoms with Crippen LogP contribution in [-0.4, -0.2) is 36.6 Å². The topological polar surface area (TPSA) is 40.5 Å². The number of halogens is 1. The quantitative estimate of drug-likeness (QED) is 0.804. The first-order valence-electron chi connectivity index (χ1n) is 6.25. The highest BCUT2D eigenvalue weighted by Crippen LogP contribution is 2.18. The summed E-state index contributed by atoms with van der Waals surface area (Å²) in [5.74, 6) is -1.22. The van der Waals surface area contributed by atoms with Crippen LogP contribution in [0.5, 0.6) is 0 Å². The lowest BCUT2D eigenvalue weighted by Crippen LogP contribution is -2.13. The molecule has 1 rings (SSSR count). The molecule has 4 heteroatoms. The molecule has 1 aromatic rings. The van der Waals surface area contributed by atoms with Crippen LogP contribution in [0.3, 0.4) is 0 Å². The first-order valence-corrected chi connectivity index (χ1v) is 6.25. The highest BCUT2D eigenvalue weighted by molar-refractivity contribution is 5.85. The van der Waals surface area contributed by atoms with Crippen molar-refractivity contribution in [2.75, 3.05) is 20.6 Å². The number of hydrogen-bond acceptors (Lipinski definition) is 2. The Bertz CT molecular complexity index is 481. The van der Waals surface area contributed by atoms with Gasteiger partial charge in [0, 0.05) is 6.08 Å². The van der Waals surface area contributed by atoms with E-state index in [0.717, 1.165) is 30.2 Å². The Balaban J connectivity index is 2.86. The van der Waals surface area contributed by atoms with E-state index in [2.05, 4.69) is 4.90 Å². The molecule has 104 valence electrons. The van der Waals surface area contributed by atoms with Gasteiger partial charge in [-0.25, -0.2) is 9.18 Å². The lowest BCUT2D eigenvalue weighted by Gasteiger charge is -2.11. The number of aliphatic carboxylic acids is 1. The summed E-state index contributed by atoms with van der Waals surface area (Å²) < 4.78 is 13.8. The summed E-state index contributed by atoms with van der Waals surface area (Å²) in [6.45, 7) is 2.67. The molecular formula is C15H20FNO2. The molecule has 0 aliphatic heterocycles. The first-order chi connectivity index (χ1) is 8.90. The maximum absolute atomic E-state index is 13.8. The van der Waals surface area contributed by atoms with Crippen LogP contribution >= 0.6 is 0 Å². The highest BCUT2D eigenvalue weighted by Gasteiger charge is 2.06. The summed E-state index contributed by atoms with van der Waals surface area (Å²) in [7, 11) is 3.96. The number of carboxylic acid groups (broad SMARTS) is 1. The van der Waals surface area contributed by atoms with Crippen LogP contribution in [0.1, 0.15) is 23.1 Å². The van der Waals surface area contributed by atoms with Gasteiger partial charge in [-0.3, -0.25) is 0 Å². The van der Waals surface area contributed by atoms with Crippen molar-refractivity contribution in [1.82, 2.24) is 4.90 Å². The van der Waals surface area contributed by atoms with Gasteiger partial charge in [0.1, 0.15) is 5.82 Å². The molecule has 0 aliphatic carbocycles. The number of aryl methyl sites for hydroxylation is 2. The number of carbonyl (C=O) groups is 1. The van der Waals surface area contributed by atoms with E-state index in [4.69, 9.17) is 5.11 Å². The molecule has 0 saturated carbocycles.